The van der Waals surface area contributed by atoms with E-state index in [4.69, 9.17) is 10.2 Å². The Labute approximate surface area is 116 Å². The molecule has 0 aliphatic carbocycles. The van der Waals surface area contributed by atoms with E-state index in [2.05, 4.69) is 10.6 Å². The molecule has 1 heterocycles. The second-order valence-corrected chi connectivity index (χ2v) is 4.23. The molecule has 1 aromatic heterocycles. The first-order chi connectivity index (χ1) is 9.58. The van der Waals surface area contributed by atoms with Crippen molar-refractivity contribution < 1.29 is 14.0 Å². The van der Waals surface area contributed by atoms with Crippen molar-refractivity contribution in [3.05, 3.63) is 53.5 Å². The first kappa shape index (κ1) is 13.7. The number of carbonyl (C=O) groups excluding carboxylic acids is 2. The van der Waals surface area contributed by atoms with Crippen LogP contribution in [0.25, 0.3) is 0 Å². The summed E-state index contributed by atoms with van der Waals surface area (Å²) in [6.07, 6.45) is 1.54. The molecular formula is C14H15N3O3. The quantitative estimate of drug-likeness (QED) is 0.794. The Balaban J connectivity index is 2.01. The van der Waals surface area contributed by atoms with E-state index in [-0.39, 0.29) is 12.6 Å². The highest BCUT2D eigenvalue weighted by Gasteiger charge is 2.10. The van der Waals surface area contributed by atoms with Gasteiger partial charge in [0.05, 0.1) is 12.8 Å². The van der Waals surface area contributed by atoms with Crippen LogP contribution in [0.15, 0.2) is 41.0 Å². The van der Waals surface area contributed by atoms with Gasteiger partial charge in [-0.1, -0.05) is 6.07 Å². The molecule has 2 aromatic rings. The zero-order valence-electron chi connectivity index (χ0n) is 11.0. The number of hydrogen-bond acceptors (Lipinski definition) is 3. The molecule has 4 N–H and O–H groups in total. The van der Waals surface area contributed by atoms with Crippen LogP contribution in [0.2, 0.25) is 0 Å². The molecule has 6 nitrogen and oxygen atoms in total. The van der Waals surface area contributed by atoms with Gasteiger partial charge in [-0.05, 0) is 36.8 Å². The Kier molecular flexibility index (Phi) is 4.05. The van der Waals surface area contributed by atoms with Crippen molar-refractivity contribution in [2.24, 2.45) is 5.73 Å². The highest BCUT2D eigenvalue weighted by atomic mass is 16.3. The van der Waals surface area contributed by atoms with Crippen LogP contribution >= 0.6 is 0 Å². The fourth-order valence-corrected chi connectivity index (χ4v) is 1.79. The molecule has 6 heteroatoms. The normalized spacial score (nSPS) is 10.1. The molecule has 0 aliphatic heterocycles. The third-order valence-corrected chi connectivity index (χ3v) is 2.85. The maximum absolute atomic E-state index is 11.8. The first-order valence-electron chi connectivity index (χ1n) is 6.04. The molecule has 104 valence electrons. The Morgan fingerprint density at radius 2 is 2.05 bits per heavy atom. The molecule has 0 saturated carbocycles. The second kappa shape index (κ2) is 5.92. The molecule has 20 heavy (non-hydrogen) atoms. The Morgan fingerprint density at radius 1 is 1.25 bits per heavy atom. The van der Waals surface area contributed by atoms with E-state index in [0.717, 1.165) is 0 Å². The largest absolute Gasteiger partial charge is 0.467 e. The minimum atomic E-state index is -0.526. The topological polar surface area (TPSA) is 97.4 Å². The molecule has 2 rings (SSSR count). The third-order valence-electron chi connectivity index (χ3n) is 2.85. The van der Waals surface area contributed by atoms with E-state index in [1.807, 2.05) is 0 Å². The minimum absolute atomic E-state index is 0.285. The van der Waals surface area contributed by atoms with Gasteiger partial charge >= 0.3 is 6.03 Å². The highest BCUT2D eigenvalue weighted by Crippen LogP contribution is 2.18. The molecule has 0 atom stereocenters. The van der Waals surface area contributed by atoms with Gasteiger partial charge in [0.25, 0.3) is 0 Å². The number of hydrogen-bond donors (Lipinski definition) is 3. The van der Waals surface area contributed by atoms with Crippen LogP contribution < -0.4 is 16.4 Å². The lowest BCUT2D eigenvalue weighted by molar-refractivity contribution is 0.0999. The van der Waals surface area contributed by atoms with E-state index < -0.39 is 5.91 Å². The lowest BCUT2D eigenvalue weighted by Gasteiger charge is -2.11. The van der Waals surface area contributed by atoms with Crippen molar-refractivity contribution >= 4 is 17.6 Å². The third kappa shape index (κ3) is 3.17. The van der Waals surface area contributed by atoms with E-state index >= 15 is 0 Å². The van der Waals surface area contributed by atoms with Gasteiger partial charge in [-0.25, -0.2) is 4.79 Å². The summed E-state index contributed by atoms with van der Waals surface area (Å²) in [6, 6.07) is 8.10. The van der Waals surface area contributed by atoms with Gasteiger partial charge in [0.2, 0.25) is 5.91 Å². The number of rotatable bonds is 4. The van der Waals surface area contributed by atoms with Gasteiger partial charge in [0, 0.05) is 11.3 Å². The van der Waals surface area contributed by atoms with Crippen molar-refractivity contribution in [2.45, 2.75) is 13.5 Å². The number of benzene rings is 1. The molecule has 0 radical (unpaired) electrons. The van der Waals surface area contributed by atoms with Crippen LogP contribution in [0.5, 0.6) is 0 Å². The highest BCUT2D eigenvalue weighted by molar-refractivity contribution is 5.98. The number of carbonyl (C=O) groups is 2. The van der Waals surface area contributed by atoms with Gasteiger partial charge in [-0.2, -0.15) is 0 Å². The molecule has 0 bridgehead atoms. The van der Waals surface area contributed by atoms with E-state index in [0.29, 0.717) is 22.6 Å². The maximum Gasteiger partial charge on any atom is 0.319 e. The van der Waals surface area contributed by atoms with Gasteiger partial charge in [0.15, 0.2) is 0 Å². The summed E-state index contributed by atoms with van der Waals surface area (Å²) in [6.45, 7) is 2.01. The van der Waals surface area contributed by atoms with Crippen molar-refractivity contribution in [2.75, 3.05) is 5.32 Å². The van der Waals surface area contributed by atoms with E-state index in [1.165, 1.54) is 6.26 Å². The average Bonchev–Trinajstić information content (AvgIpc) is 2.91. The fourth-order valence-electron chi connectivity index (χ4n) is 1.79. The molecular weight excluding hydrogens is 258 g/mol. The lowest BCUT2D eigenvalue weighted by atomic mass is 10.1. The lowest BCUT2D eigenvalue weighted by Crippen LogP contribution is -2.28. The number of furan rings is 1. The van der Waals surface area contributed by atoms with Crippen LogP contribution in [0.4, 0.5) is 10.5 Å². The number of anilines is 1. The Morgan fingerprint density at radius 3 is 2.70 bits per heavy atom. The molecule has 0 saturated heterocycles. The molecule has 0 spiro atoms. The average molecular weight is 273 g/mol. The molecule has 0 aliphatic rings. The van der Waals surface area contributed by atoms with E-state index in [9.17, 15) is 9.59 Å². The maximum atomic E-state index is 11.8. The van der Waals surface area contributed by atoms with Crippen LogP contribution in [0.1, 0.15) is 21.7 Å². The summed E-state index contributed by atoms with van der Waals surface area (Å²) in [4.78, 5) is 23.0. The van der Waals surface area contributed by atoms with Gasteiger partial charge in [-0.15, -0.1) is 0 Å². The summed E-state index contributed by atoms with van der Waals surface area (Å²) in [5.41, 5.74) is 6.81. The number of primary amides is 1. The summed E-state index contributed by atoms with van der Waals surface area (Å²) in [5.74, 6) is 0.130. The van der Waals surface area contributed by atoms with Crippen LogP contribution in [-0.2, 0) is 6.54 Å². The monoisotopic (exact) mass is 273 g/mol. The standard InChI is InChI=1S/C14H15N3O3/c1-9-11(13(15)18)5-2-6-12(9)17-14(19)16-8-10-4-3-7-20-10/h2-7H,8H2,1H3,(H2,15,18)(H2,16,17,19). The second-order valence-electron chi connectivity index (χ2n) is 4.23. The van der Waals surface area contributed by atoms with Crippen molar-refractivity contribution in [1.29, 1.82) is 0 Å². The number of nitrogens with two attached hydrogens (primary N) is 1. The van der Waals surface area contributed by atoms with Gasteiger partial charge in [-0.3, -0.25) is 4.79 Å². The van der Waals surface area contributed by atoms with Crippen molar-refractivity contribution in [3.63, 3.8) is 0 Å². The minimum Gasteiger partial charge on any atom is -0.467 e. The fraction of sp³-hybridized carbons (Fsp3) is 0.143. The Hall–Kier alpha value is -2.76. The predicted octanol–water partition coefficient (Wildman–Crippen LogP) is 2.01. The number of urea groups is 1. The summed E-state index contributed by atoms with van der Waals surface area (Å²) < 4.78 is 5.10. The summed E-state index contributed by atoms with van der Waals surface area (Å²) in [5, 5.41) is 5.32. The SMILES string of the molecule is Cc1c(NC(=O)NCc2ccco2)cccc1C(N)=O. The molecule has 3 amide bonds. The van der Waals surface area contributed by atoms with Crippen molar-refractivity contribution in [3.8, 4) is 0 Å². The molecule has 0 unspecified atom stereocenters. The van der Waals surface area contributed by atoms with Crippen LogP contribution in [-0.4, -0.2) is 11.9 Å². The van der Waals surface area contributed by atoms with Crippen LogP contribution in [0, 0.1) is 6.92 Å². The zero-order chi connectivity index (χ0) is 14.5. The first-order valence-corrected chi connectivity index (χ1v) is 6.04. The Bertz CT molecular complexity index is 621. The number of amides is 3. The van der Waals surface area contributed by atoms with Crippen LogP contribution in [0.3, 0.4) is 0 Å². The smallest absolute Gasteiger partial charge is 0.319 e. The van der Waals surface area contributed by atoms with Gasteiger partial charge in [0.1, 0.15) is 5.76 Å². The number of nitrogens with one attached hydrogen (secondary N) is 2. The van der Waals surface area contributed by atoms with Gasteiger partial charge < -0.3 is 20.8 Å². The summed E-state index contributed by atoms with van der Waals surface area (Å²) >= 11 is 0. The molecule has 0 fully saturated rings. The molecule has 1 aromatic carbocycles. The van der Waals surface area contributed by atoms with Crippen molar-refractivity contribution in [1.82, 2.24) is 5.32 Å². The summed E-state index contributed by atoms with van der Waals surface area (Å²) in [7, 11) is 0. The van der Waals surface area contributed by atoms with E-state index in [1.54, 1.807) is 37.3 Å². The zero-order valence-corrected chi connectivity index (χ0v) is 11.0. The predicted molar refractivity (Wildman–Crippen MR) is 74.3 cm³/mol.